The monoisotopic (exact) mass is 154 g/mol. The van der Waals surface area contributed by atoms with Crippen LogP contribution in [-0.4, -0.2) is 12.7 Å². The van der Waals surface area contributed by atoms with E-state index in [4.69, 9.17) is 0 Å². The van der Waals surface area contributed by atoms with Gasteiger partial charge in [-0.3, -0.25) is 0 Å². The minimum absolute atomic E-state index is 0.718. The van der Waals surface area contributed by atoms with Crippen LogP contribution in [0.25, 0.3) is 0 Å². The molecule has 0 spiro atoms. The first-order valence-electron chi connectivity index (χ1n) is 2.57. The molecule has 5 heteroatoms. The zero-order valence-corrected chi connectivity index (χ0v) is 5.16. The van der Waals surface area contributed by atoms with Crippen molar-refractivity contribution in [2.45, 2.75) is 13.0 Å². The van der Waals surface area contributed by atoms with E-state index in [0.717, 1.165) is 6.92 Å². The summed E-state index contributed by atoms with van der Waals surface area (Å²) < 4.78 is 44.0. The molecule has 0 N–H and O–H groups in total. The number of allylic oxidation sites excluding steroid dienone is 1. The van der Waals surface area contributed by atoms with Crippen molar-refractivity contribution >= 4 is 0 Å². The lowest BCUT2D eigenvalue weighted by Gasteiger charge is -2.01. The van der Waals surface area contributed by atoms with Crippen molar-refractivity contribution in [3.8, 4) is 0 Å². The SMILES string of the molecule is C/C(F)=C1/OCC(F)(F)O1. The van der Waals surface area contributed by atoms with Gasteiger partial charge >= 0.3 is 12.1 Å². The van der Waals surface area contributed by atoms with Crippen molar-refractivity contribution in [1.29, 1.82) is 0 Å². The molecule has 1 fully saturated rings. The van der Waals surface area contributed by atoms with Crippen LogP contribution in [0.2, 0.25) is 0 Å². The Bertz CT molecular complexity index is 172. The fourth-order valence-corrected chi connectivity index (χ4v) is 0.514. The first-order chi connectivity index (χ1) is 4.51. The highest BCUT2D eigenvalue weighted by Crippen LogP contribution is 2.30. The molecule has 0 amide bonds. The largest absolute Gasteiger partial charge is 0.453 e. The minimum Gasteiger partial charge on any atom is -0.453 e. The van der Waals surface area contributed by atoms with Crippen molar-refractivity contribution in [2.75, 3.05) is 6.61 Å². The standard InChI is InChI=1S/C5H5F3O2/c1-3(6)4-9-2-5(7,8)10-4/h2H2,1H3/b4-3+. The predicted octanol–water partition coefficient (Wildman–Crippen LogP) is 1.78. The van der Waals surface area contributed by atoms with Crippen LogP contribution in [-0.2, 0) is 9.47 Å². The molecule has 0 aromatic heterocycles. The third-order valence-corrected chi connectivity index (χ3v) is 0.895. The first-order valence-corrected chi connectivity index (χ1v) is 2.57. The normalized spacial score (nSPS) is 27.2. The molecule has 2 nitrogen and oxygen atoms in total. The van der Waals surface area contributed by atoms with Gasteiger partial charge in [-0.2, -0.15) is 8.78 Å². The van der Waals surface area contributed by atoms with Crippen molar-refractivity contribution in [1.82, 2.24) is 0 Å². The van der Waals surface area contributed by atoms with E-state index < -0.39 is 24.5 Å². The van der Waals surface area contributed by atoms with Crippen molar-refractivity contribution in [2.24, 2.45) is 0 Å². The van der Waals surface area contributed by atoms with Crippen LogP contribution >= 0.6 is 0 Å². The molecule has 58 valence electrons. The summed E-state index contributed by atoms with van der Waals surface area (Å²) in [5, 5.41) is 0. The number of halogens is 3. The third-order valence-electron chi connectivity index (χ3n) is 0.895. The van der Waals surface area contributed by atoms with Gasteiger partial charge in [-0.05, 0) is 6.92 Å². The summed E-state index contributed by atoms with van der Waals surface area (Å²) in [6.07, 6.45) is -3.37. The van der Waals surface area contributed by atoms with E-state index in [0.29, 0.717) is 0 Å². The number of hydrogen-bond acceptors (Lipinski definition) is 2. The van der Waals surface area contributed by atoms with Crippen LogP contribution < -0.4 is 0 Å². The van der Waals surface area contributed by atoms with Gasteiger partial charge in [-0.15, -0.1) is 0 Å². The van der Waals surface area contributed by atoms with E-state index in [1.54, 1.807) is 0 Å². The summed E-state index contributed by atoms with van der Waals surface area (Å²) in [5.41, 5.74) is 0. The van der Waals surface area contributed by atoms with Crippen molar-refractivity contribution in [3.05, 3.63) is 11.8 Å². The molecular formula is C5H5F3O2. The lowest BCUT2D eigenvalue weighted by molar-refractivity contribution is -0.181. The van der Waals surface area contributed by atoms with E-state index in [9.17, 15) is 13.2 Å². The molecule has 1 heterocycles. The summed E-state index contributed by atoms with van der Waals surface area (Å²) in [6, 6.07) is 0. The van der Waals surface area contributed by atoms with Crippen LogP contribution in [0.3, 0.4) is 0 Å². The maximum absolute atomic E-state index is 12.0. The summed E-state index contributed by atoms with van der Waals surface area (Å²) in [6.45, 7) is 0.0698. The number of hydrogen-bond donors (Lipinski definition) is 0. The van der Waals surface area contributed by atoms with Gasteiger partial charge in [-0.25, -0.2) is 4.39 Å². The highest BCUT2D eigenvalue weighted by atomic mass is 19.3. The van der Waals surface area contributed by atoms with Crippen LogP contribution in [0.15, 0.2) is 11.8 Å². The van der Waals surface area contributed by atoms with Gasteiger partial charge in [0.05, 0.1) is 0 Å². The Balaban J connectivity index is 2.69. The fourth-order valence-electron chi connectivity index (χ4n) is 0.514. The molecule has 1 rings (SSSR count). The number of rotatable bonds is 0. The minimum atomic E-state index is -3.37. The van der Waals surface area contributed by atoms with Crippen LogP contribution in [0, 0.1) is 0 Å². The topological polar surface area (TPSA) is 18.5 Å². The van der Waals surface area contributed by atoms with Gasteiger partial charge < -0.3 is 9.47 Å². The van der Waals surface area contributed by atoms with Gasteiger partial charge in [0, 0.05) is 0 Å². The Hall–Kier alpha value is -0.870. The highest BCUT2D eigenvalue weighted by molar-refractivity contribution is 4.93. The predicted molar refractivity (Wildman–Crippen MR) is 25.8 cm³/mol. The van der Waals surface area contributed by atoms with Crippen LogP contribution in [0.1, 0.15) is 6.92 Å². The number of alkyl halides is 2. The van der Waals surface area contributed by atoms with E-state index >= 15 is 0 Å². The third kappa shape index (κ3) is 1.34. The highest BCUT2D eigenvalue weighted by Gasteiger charge is 2.41. The second-order valence-electron chi connectivity index (χ2n) is 1.85. The second-order valence-corrected chi connectivity index (χ2v) is 1.85. The smallest absolute Gasteiger partial charge is 0.435 e. The van der Waals surface area contributed by atoms with E-state index in [1.807, 2.05) is 0 Å². The van der Waals surface area contributed by atoms with Gasteiger partial charge in [0.2, 0.25) is 0 Å². The molecule has 0 aliphatic carbocycles. The summed E-state index contributed by atoms with van der Waals surface area (Å²) in [4.78, 5) is 0. The Kier molecular flexibility index (Phi) is 1.50. The molecule has 1 saturated heterocycles. The van der Waals surface area contributed by atoms with Crippen molar-refractivity contribution < 1.29 is 22.6 Å². The van der Waals surface area contributed by atoms with Gasteiger partial charge in [0.1, 0.15) is 0 Å². The maximum Gasteiger partial charge on any atom is 0.435 e. The van der Waals surface area contributed by atoms with E-state index in [-0.39, 0.29) is 0 Å². The molecular weight excluding hydrogens is 149 g/mol. The molecule has 1 aliphatic heterocycles. The number of ether oxygens (including phenoxy) is 2. The Morgan fingerprint density at radius 1 is 1.60 bits per heavy atom. The van der Waals surface area contributed by atoms with Gasteiger partial charge in [0.15, 0.2) is 12.4 Å². The molecule has 0 aromatic carbocycles. The van der Waals surface area contributed by atoms with Crippen molar-refractivity contribution in [3.63, 3.8) is 0 Å². The second kappa shape index (κ2) is 2.07. The molecule has 0 unspecified atom stereocenters. The summed E-state index contributed by atoms with van der Waals surface area (Å²) >= 11 is 0. The quantitative estimate of drug-likeness (QED) is 0.529. The zero-order chi connectivity index (χ0) is 7.78. The molecule has 10 heavy (non-hydrogen) atoms. The molecule has 0 atom stereocenters. The maximum atomic E-state index is 12.0. The summed E-state index contributed by atoms with van der Waals surface area (Å²) in [7, 11) is 0. The Morgan fingerprint density at radius 3 is 2.40 bits per heavy atom. The van der Waals surface area contributed by atoms with Gasteiger partial charge in [-0.1, -0.05) is 0 Å². The van der Waals surface area contributed by atoms with Gasteiger partial charge in [0.25, 0.3) is 0 Å². The molecule has 1 aliphatic rings. The zero-order valence-electron chi connectivity index (χ0n) is 5.16. The van der Waals surface area contributed by atoms with E-state index in [2.05, 4.69) is 9.47 Å². The molecule has 0 bridgehead atoms. The lowest BCUT2D eigenvalue weighted by Crippen LogP contribution is -2.16. The Labute approximate surface area is 55.2 Å². The average Bonchev–Trinajstić information content (AvgIpc) is 2.10. The molecule has 0 radical (unpaired) electrons. The average molecular weight is 154 g/mol. The fraction of sp³-hybridized carbons (Fsp3) is 0.600. The Morgan fingerprint density at radius 2 is 2.20 bits per heavy atom. The molecule has 0 saturated carbocycles. The summed E-state index contributed by atoms with van der Waals surface area (Å²) in [5.74, 6) is -1.60. The molecule has 0 aromatic rings. The lowest BCUT2D eigenvalue weighted by atomic mass is 10.6. The van der Waals surface area contributed by atoms with Crippen LogP contribution in [0.5, 0.6) is 0 Å². The van der Waals surface area contributed by atoms with Crippen LogP contribution in [0.4, 0.5) is 13.2 Å². The van der Waals surface area contributed by atoms with E-state index in [1.165, 1.54) is 0 Å². The first kappa shape index (κ1) is 7.24.